The molecule has 0 unspecified atom stereocenters. The molecule has 34 heavy (non-hydrogen) atoms. The molecule has 2 heterocycles. The number of amides is 3. The summed E-state index contributed by atoms with van der Waals surface area (Å²) in [6.07, 6.45) is -3.02. The topological polar surface area (TPSA) is 168 Å². The highest BCUT2D eigenvalue weighted by atomic mass is 16.5. The van der Waals surface area contributed by atoms with Gasteiger partial charge in [0.1, 0.15) is 11.7 Å². The van der Waals surface area contributed by atoms with E-state index in [-0.39, 0.29) is 37.2 Å². The second-order valence-electron chi connectivity index (χ2n) is 7.87. The highest BCUT2D eigenvalue weighted by Crippen LogP contribution is 2.24. The number of morpholine rings is 1. The third kappa shape index (κ3) is 4.51. The Kier molecular flexibility index (Phi) is 6.39. The number of hydrogen-bond acceptors (Lipinski definition) is 7. The number of rotatable bonds is 6. The number of amidine groups is 2. The van der Waals surface area contributed by atoms with E-state index >= 15 is 0 Å². The molecule has 6 N–H and O–H groups in total. The molecule has 176 valence electrons. The zero-order chi connectivity index (χ0) is 24.4. The normalized spacial score (nSPS) is 18.2. The third-order valence-electron chi connectivity index (χ3n) is 5.62. The molecular formula is C23H24N6O5. The fraction of sp³-hybridized carbons (Fsp3) is 0.261. The van der Waals surface area contributed by atoms with Gasteiger partial charge in [-0.05, 0) is 35.9 Å². The standard InChI is InChI=1S/C23H24N6O5/c1-26-17(30)10-12-3-2-4-14(9-12)29-7-8-34-19(23(29)33)18(31)22(32)27-13-5-6-15-16(11-13)21(25)28-20(15)24/h2-6,9,11,18-19,31H,7-8,10H2,1H3,(H,26,30)(H,27,32)(H3,24,25,28)/t18-,19-/m1/s1. The maximum absolute atomic E-state index is 13.1. The number of nitrogens with one attached hydrogen (secondary N) is 5. The quantitative estimate of drug-likeness (QED) is 0.351. The van der Waals surface area contributed by atoms with Crippen molar-refractivity contribution in [1.82, 2.24) is 10.6 Å². The molecule has 4 rings (SSSR count). The molecule has 1 saturated heterocycles. The number of hydrogen-bond donors (Lipinski definition) is 6. The zero-order valence-corrected chi connectivity index (χ0v) is 18.3. The SMILES string of the molecule is CNC(=O)Cc1cccc(N2CCO[C@H]([C@@H](O)C(=O)Nc3ccc4c(c3)C(=N)NC4=N)C2=O)c1. The molecule has 0 bridgehead atoms. The van der Waals surface area contributed by atoms with Crippen molar-refractivity contribution >= 4 is 40.8 Å². The highest BCUT2D eigenvalue weighted by molar-refractivity contribution is 6.23. The van der Waals surface area contributed by atoms with Gasteiger partial charge in [0, 0.05) is 36.1 Å². The lowest BCUT2D eigenvalue weighted by Crippen LogP contribution is -2.55. The van der Waals surface area contributed by atoms with Crippen LogP contribution >= 0.6 is 0 Å². The lowest BCUT2D eigenvalue weighted by atomic mass is 10.1. The second-order valence-corrected chi connectivity index (χ2v) is 7.87. The van der Waals surface area contributed by atoms with Crippen molar-refractivity contribution < 1.29 is 24.2 Å². The van der Waals surface area contributed by atoms with Crippen LogP contribution in [-0.2, 0) is 25.5 Å². The minimum atomic E-state index is -1.77. The van der Waals surface area contributed by atoms with E-state index in [0.717, 1.165) is 5.56 Å². The Labute approximate surface area is 195 Å². The minimum absolute atomic E-state index is 0.0386. The molecule has 2 aromatic carbocycles. The summed E-state index contributed by atoms with van der Waals surface area (Å²) in [7, 11) is 1.55. The maximum Gasteiger partial charge on any atom is 0.259 e. The van der Waals surface area contributed by atoms with E-state index in [1.54, 1.807) is 43.4 Å². The van der Waals surface area contributed by atoms with Crippen LogP contribution in [0.1, 0.15) is 16.7 Å². The van der Waals surface area contributed by atoms with Crippen LogP contribution in [-0.4, -0.2) is 66.9 Å². The fourth-order valence-corrected chi connectivity index (χ4v) is 3.86. The van der Waals surface area contributed by atoms with Crippen molar-refractivity contribution in [2.24, 2.45) is 0 Å². The molecule has 3 amide bonds. The van der Waals surface area contributed by atoms with E-state index in [1.807, 2.05) is 0 Å². The number of aliphatic hydroxyl groups excluding tert-OH is 1. The summed E-state index contributed by atoms with van der Waals surface area (Å²) in [6, 6.07) is 11.6. The van der Waals surface area contributed by atoms with Crippen LogP contribution in [0.15, 0.2) is 42.5 Å². The van der Waals surface area contributed by atoms with Crippen LogP contribution in [0.25, 0.3) is 0 Å². The highest BCUT2D eigenvalue weighted by Gasteiger charge is 2.39. The number of ether oxygens (including phenoxy) is 1. The largest absolute Gasteiger partial charge is 0.380 e. The van der Waals surface area contributed by atoms with E-state index < -0.39 is 24.0 Å². The summed E-state index contributed by atoms with van der Waals surface area (Å²) in [5.74, 6) is -1.43. The van der Waals surface area contributed by atoms with Crippen LogP contribution in [0.3, 0.4) is 0 Å². The summed E-state index contributed by atoms with van der Waals surface area (Å²) >= 11 is 0. The lowest BCUT2D eigenvalue weighted by molar-refractivity contribution is -0.150. The number of carbonyl (C=O) groups excluding carboxylic acids is 3. The first-order valence-corrected chi connectivity index (χ1v) is 10.6. The van der Waals surface area contributed by atoms with Crippen molar-refractivity contribution in [2.75, 3.05) is 30.4 Å². The summed E-state index contributed by atoms with van der Waals surface area (Å²) in [5.41, 5.74) is 2.55. The van der Waals surface area contributed by atoms with Crippen LogP contribution in [0.2, 0.25) is 0 Å². The predicted molar refractivity (Wildman–Crippen MR) is 124 cm³/mol. The van der Waals surface area contributed by atoms with Gasteiger partial charge in [0.2, 0.25) is 5.91 Å². The summed E-state index contributed by atoms with van der Waals surface area (Å²) in [6.45, 7) is 0.350. The molecule has 0 spiro atoms. The first-order chi connectivity index (χ1) is 16.3. The average Bonchev–Trinajstić information content (AvgIpc) is 3.11. The Morgan fingerprint density at radius 3 is 2.74 bits per heavy atom. The number of aliphatic hydroxyl groups is 1. The second kappa shape index (κ2) is 9.41. The van der Waals surface area contributed by atoms with Gasteiger partial charge in [-0.3, -0.25) is 25.2 Å². The van der Waals surface area contributed by atoms with E-state index in [1.165, 1.54) is 11.0 Å². The minimum Gasteiger partial charge on any atom is -0.380 e. The lowest BCUT2D eigenvalue weighted by Gasteiger charge is -2.34. The third-order valence-corrected chi connectivity index (χ3v) is 5.62. The van der Waals surface area contributed by atoms with Gasteiger partial charge < -0.3 is 30.7 Å². The molecule has 0 aromatic heterocycles. The molecule has 0 radical (unpaired) electrons. The fourth-order valence-electron chi connectivity index (χ4n) is 3.86. The molecule has 11 heteroatoms. The number of benzene rings is 2. The van der Waals surface area contributed by atoms with Crippen LogP contribution in [0, 0.1) is 10.8 Å². The zero-order valence-electron chi connectivity index (χ0n) is 18.3. The molecule has 0 saturated carbocycles. The molecule has 0 aliphatic carbocycles. The van der Waals surface area contributed by atoms with E-state index in [9.17, 15) is 19.5 Å². The van der Waals surface area contributed by atoms with Gasteiger partial charge in [-0.15, -0.1) is 0 Å². The Bertz CT molecular complexity index is 1200. The number of fused-ring (bicyclic) bond motifs is 1. The molecule has 2 aliphatic rings. The van der Waals surface area contributed by atoms with Crippen molar-refractivity contribution in [3.8, 4) is 0 Å². The Hall–Kier alpha value is -4.09. The van der Waals surface area contributed by atoms with Crippen molar-refractivity contribution in [2.45, 2.75) is 18.6 Å². The Morgan fingerprint density at radius 1 is 1.21 bits per heavy atom. The van der Waals surface area contributed by atoms with Gasteiger partial charge in [0.05, 0.1) is 13.0 Å². The van der Waals surface area contributed by atoms with Gasteiger partial charge in [-0.2, -0.15) is 0 Å². The summed E-state index contributed by atoms with van der Waals surface area (Å²) in [5, 5.41) is 33.9. The monoisotopic (exact) mass is 464 g/mol. The summed E-state index contributed by atoms with van der Waals surface area (Å²) in [4.78, 5) is 38.9. The van der Waals surface area contributed by atoms with Gasteiger partial charge in [-0.25, -0.2) is 0 Å². The van der Waals surface area contributed by atoms with Crippen LogP contribution in [0.5, 0.6) is 0 Å². The smallest absolute Gasteiger partial charge is 0.259 e. The molecular weight excluding hydrogens is 440 g/mol. The van der Waals surface area contributed by atoms with Gasteiger partial charge in [0.25, 0.3) is 11.8 Å². The number of carbonyl (C=O) groups is 3. The van der Waals surface area contributed by atoms with E-state index in [0.29, 0.717) is 22.5 Å². The summed E-state index contributed by atoms with van der Waals surface area (Å²) < 4.78 is 5.44. The Morgan fingerprint density at radius 2 is 1.97 bits per heavy atom. The van der Waals surface area contributed by atoms with E-state index in [2.05, 4.69) is 16.0 Å². The number of likely N-dealkylation sites (N-methyl/N-ethyl adjacent to an activating group) is 1. The van der Waals surface area contributed by atoms with Gasteiger partial charge in [-0.1, -0.05) is 12.1 Å². The van der Waals surface area contributed by atoms with Crippen molar-refractivity contribution in [3.05, 3.63) is 59.2 Å². The van der Waals surface area contributed by atoms with Crippen LogP contribution in [0.4, 0.5) is 11.4 Å². The first kappa shape index (κ1) is 23.1. The van der Waals surface area contributed by atoms with E-state index in [4.69, 9.17) is 15.6 Å². The number of nitrogens with zero attached hydrogens (tertiary/aromatic N) is 1. The molecule has 1 fully saturated rings. The molecule has 2 atom stereocenters. The van der Waals surface area contributed by atoms with Gasteiger partial charge in [0.15, 0.2) is 12.2 Å². The first-order valence-electron chi connectivity index (χ1n) is 10.6. The molecule has 2 aliphatic heterocycles. The molecule has 2 aromatic rings. The average molecular weight is 464 g/mol. The van der Waals surface area contributed by atoms with Crippen molar-refractivity contribution in [1.29, 1.82) is 10.8 Å². The van der Waals surface area contributed by atoms with Crippen molar-refractivity contribution in [3.63, 3.8) is 0 Å². The maximum atomic E-state index is 13.1. The molecule has 11 nitrogen and oxygen atoms in total. The number of anilines is 2. The Balaban J connectivity index is 1.46. The van der Waals surface area contributed by atoms with Gasteiger partial charge >= 0.3 is 0 Å². The van der Waals surface area contributed by atoms with Crippen LogP contribution < -0.4 is 20.9 Å². The predicted octanol–water partition coefficient (Wildman–Crippen LogP) is -0.0396.